The van der Waals surface area contributed by atoms with Crippen molar-refractivity contribution in [3.63, 3.8) is 0 Å². The lowest BCUT2D eigenvalue weighted by Gasteiger charge is -2.35. The van der Waals surface area contributed by atoms with E-state index in [1.807, 2.05) is 6.07 Å². The van der Waals surface area contributed by atoms with Crippen LogP contribution in [-0.2, 0) is 0 Å². The van der Waals surface area contributed by atoms with Crippen molar-refractivity contribution in [3.05, 3.63) is 42.9 Å². The van der Waals surface area contributed by atoms with E-state index in [-0.39, 0.29) is 0 Å². The molecule has 1 aromatic carbocycles. The normalized spacial score (nSPS) is 16.0. The molecule has 3 rings (SSSR count). The van der Waals surface area contributed by atoms with Gasteiger partial charge in [-0.25, -0.2) is 9.97 Å². The van der Waals surface area contributed by atoms with Gasteiger partial charge in [0.05, 0.1) is 0 Å². The van der Waals surface area contributed by atoms with Crippen LogP contribution in [0.4, 0.5) is 17.2 Å². The van der Waals surface area contributed by atoms with Gasteiger partial charge in [0.1, 0.15) is 12.1 Å². The van der Waals surface area contributed by atoms with Crippen LogP contribution in [0.25, 0.3) is 0 Å². The lowest BCUT2D eigenvalue weighted by molar-refractivity contribution is 0.271. The molecule has 0 saturated carbocycles. The second kappa shape index (κ2) is 6.54. The van der Waals surface area contributed by atoms with Crippen LogP contribution in [0.2, 0.25) is 0 Å². The van der Waals surface area contributed by atoms with Crippen LogP contribution >= 0.6 is 0 Å². The molecule has 5 heteroatoms. The first-order valence-corrected chi connectivity index (χ1v) is 7.45. The van der Waals surface area contributed by atoms with Crippen LogP contribution in [0.15, 0.2) is 42.9 Å². The van der Waals surface area contributed by atoms with E-state index in [0.29, 0.717) is 0 Å². The standard InChI is InChI=1S/C16H21N5/c1-2-20-9-11-21(12-10-20)15-5-3-14(4-6-15)19-16-7-8-17-13-18-16/h3-8,13H,2,9-12H2,1H3,(H,17,18,19). The highest BCUT2D eigenvalue weighted by molar-refractivity contribution is 5.60. The number of anilines is 3. The number of hydrogen-bond acceptors (Lipinski definition) is 5. The van der Waals surface area contributed by atoms with Gasteiger partial charge in [0.2, 0.25) is 0 Å². The smallest absolute Gasteiger partial charge is 0.133 e. The molecule has 0 bridgehead atoms. The molecule has 0 spiro atoms. The van der Waals surface area contributed by atoms with E-state index in [9.17, 15) is 0 Å². The Labute approximate surface area is 125 Å². The first-order chi connectivity index (χ1) is 10.3. The topological polar surface area (TPSA) is 44.3 Å². The molecule has 1 aliphatic heterocycles. The summed E-state index contributed by atoms with van der Waals surface area (Å²) in [6, 6.07) is 10.4. The van der Waals surface area contributed by atoms with Gasteiger partial charge in [-0.05, 0) is 36.9 Å². The van der Waals surface area contributed by atoms with Crippen LogP contribution in [0.1, 0.15) is 6.92 Å². The molecule has 0 atom stereocenters. The van der Waals surface area contributed by atoms with E-state index >= 15 is 0 Å². The van der Waals surface area contributed by atoms with Crippen molar-refractivity contribution < 1.29 is 0 Å². The minimum absolute atomic E-state index is 0.814. The maximum atomic E-state index is 4.17. The van der Waals surface area contributed by atoms with E-state index in [1.54, 1.807) is 12.5 Å². The Morgan fingerprint density at radius 3 is 2.43 bits per heavy atom. The Hall–Kier alpha value is -2.14. The maximum absolute atomic E-state index is 4.17. The molecule has 110 valence electrons. The highest BCUT2D eigenvalue weighted by atomic mass is 15.3. The van der Waals surface area contributed by atoms with Crippen molar-refractivity contribution in [2.45, 2.75) is 6.92 Å². The summed E-state index contributed by atoms with van der Waals surface area (Å²) in [4.78, 5) is 13.0. The highest BCUT2D eigenvalue weighted by Crippen LogP contribution is 2.21. The average molecular weight is 283 g/mol. The van der Waals surface area contributed by atoms with Crippen molar-refractivity contribution in [2.75, 3.05) is 42.9 Å². The van der Waals surface area contributed by atoms with E-state index in [1.165, 1.54) is 5.69 Å². The number of rotatable bonds is 4. The number of aromatic nitrogens is 2. The van der Waals surface area contributed by atoms with Crippen LogP contribution < -0.4 is 10.2 Å². The summed E-state index contributed by atoms with van der Waals surface area (Å²) in [5.41, 5.74) is 2.34. The monoisotopic (exact) mass is 283 g/mol. The van der Waals surface area contributed by atoms with Crippen LogP contribution in [-0.4, -0.2) is 47.6 Å². The molecule has 1 aliphatic rings. The molecule has 1 fully saturated rings. The molecule has 0 unspecified atom stereocenters. The van der Waals surface area contributed by atoms with E-state index in [0.717, 1.165) is 44.2 Å². The summed E-state index contributed by atoms with van der Waals surface area (Å²) in [6.45, 7) is 7.88. The third kappa shape index (κ3) is 3.49. The van der Waals surface area contributed by atoms with E-state index in [2.05, 4.69) is 56.3 Å². The van der Waals surface area contributed by atoms with Crippen molar-refractivity contribution in [2.24, 2.45) is 0 Å². The zero-order chi connectivity index (χ0) is 14.5. The van der Waals surface area contributed by atoms with Crippen molar-refractivity contribution in [1.82, 2.24) is 14.9 Å². The second-order valence-electron chi connectivity index (χ2n) is 5.19. The zero-order valence-electron chi connectivity index (χ0n) is 12.4. The van der Waals surface area contributed by atoms with Gasteiger partial charge in [-0.15, -0.1) is 0 Å². The van der Waals surface area contributed by atoms with Crippen LogP contribution in [0.3, 0.4) is 0 Å². The molecule has 0 radical (unpaired) electrons. The number of hydrogen-bond donors (Lipinski definition) is 1. The highest BCUT2D eigenvalue weighted by Gasteiger charge is 2.15. The number of nitrogens with one attached hydrogen (secondary N) is 1. The van der Waals surface area contributed by atoms with Gasteiger partial charge in [-0.1, -0.05) is 6.92 Å². The average Bonchev–Trinajstić information content (AvgIpc) is 2.57. The summed E-state index contributed by atoms with van der Waals surface area (Å²) >= 11 is 0. The van der Waals surface area contributed by atoms with Gasteiger partial charge >= 0.3 is 0 Å². The van der Waals surface area contributed by atoms with Crippen molar-refractivity contribution in [3.8, 4) is 0 Å². The van der Waals surface area contributed by atoms with Gasteiger partial charge < -0.3 is 15.1 Å². The molecule has 2 aromatic rings. The number of piperazine rings is 1. The fourth-order valence-corrected chi connectivity index (χ4v) is 2.59. The van der Waals surface area contributed by atoms with Crippen LogP contribution in [0.5, 0.6) is 0 Å². The largest absolute Gasteiger partial charge is 0.369 e. The van der Waals surface area contributed by atoms with Crippen molar-refractivity contribution in [1.29, 1.82) is 0 Å². The predicted molar refractivity (Wildman–Crippen MR) is 86.1 cm³/mol. The van der Waals surface area contributed by atoms with Crippen molar-refractivity contribution >= 4 is 17.2 Å². The second-order valence-corrected chi connectivity index (χ2v) is 5.19. The van der Waals surface area contributed by atoms with E-state index in [4.69, 9.17) is 0 Å². The van der Waals surface area contributed by atoms with Gasteiger partial charge in [-0.2, -0.15) is 0 Å². The first-order valence-electron chi connectivity index (χ1n) is 7.45. The number of nitrogens with zero attached hydrogens (tertiary/aromatic N) is 4. The van der Waals surface area contributed by atoms with E-state index < -0.39 is 0 Å². The fraction of sp³-hybridized carbons (Fsp3) is 0.375. The van der Waals surface area contributed by atoms with Gasteiger partial charge in [-0.3, -0.25) is 0 Å². The Morgan fingerprint density at radius 2 is 1.81 bits per heavy atom. The minimum atomic E-state index is 0.814. The quantitative estimate of drug-likeness (QED) is 0.933. The minimum Gasteiger partial charge on any atom is -0.369 e. The van der Waals surface area contributed by atoms with Gasteiger partial charge in [0.15, 0.2) is 0 Å². The third-order valence-electron chi connectivity index (χ3n) is 3.91. The first kappa shape index (κ1) is 13.8. The third-order valence-corrected chi connectivity index (χ3v) is 3.91. The summed E-state index contributed by atoms with van der Waals surface area (Å²) in [6.07, 6.45) is 3.28. The summed E-state index contributed by atoms with van der Waals surface area (Å²) in [5.74, 6) is 0.814. The van der Waals surface area contributed by atoms with Crippen LogP contribution in [0, 0.1) is 0 Å². The SMILES string of the molecule is CCN1CCN(c2ccc(Nc3ccncn3)cc2)CC1. The molecule has 0 amide bonds. The number of benzene rings is 1. The van der Waals surface area contributed by atoms with Gasteiger partial charge in [0, 0.05) is 43.8 Å². The summed E-state index contributed by atoms with van der Waals surface area (Å²) in [7, 11) is 0. The molecule has 1 saturated heterocycles. The molecule has 5 nitrogen and oxygen atoms in total. The Bertz CT molecular complexity index is 547. The molecular weight excluding hydrogens is 262 g/mol. The summed E-state index contributed by atoms with van der Waals surface area (Å²) in [5, 5.41) is 3.27. The molecule has 1 aromatic heterocycles. The lowest BCUT2D eigenvalue weighted by Crippen LogP contribution is -2.46. The Kier molecular flexibility index (Phi) is 4.31. The fourth-order valence-electron chi connectivity index (χ4n) is 2.59. The molecular formula is C16H21N5. The molecule has 1 N–H and O–H groups in total. The molecule has 21 heavy (non-hydrogen) atoms. The van der Waals surface area contributed by atoms with Gasteiger partial charge in [0.25, 0.3) is 0 Å². The zero-order valence-corrected chi connectivity index (χ0v) is 12.4. The molecule has 2 heterocycles. The lowest BCUT2D eigenvalue weighted by atomic mass is 10.2. The summed E-state index contributed by atoms with van der Waals surface area (Å²) < 4.78 is 0. The predicted octanol–water partition coefficient (Wildman–Crippen LogP) is 2.36. The maximum Gasteiger partial charge on any atom is 0.133 e. The number of likely N-dealkylation sites (N-methyl/N-ethyl adjacent to an activating group) is 1. The Balaban J connectivity index is 1.62. The molecule has 0 aliphatic carbocycles. The Morgan fingerprint density at radius 1 is 1.05 bits per heavy atom.